The van der Waals surface area contributed by atoms with Crippen LogP contribution in [-0.2, 0) is 4.79 Å². The molecule has 1 heterocycles. The van der Waals surface area contributed by atoms with E-state index in [4.69, 9.17) is 0 Å². The molecule has 0 radical (unpaired) electrons. The summed E-state index contributed by atoms with van der Waals surface area (Å²) in [6.07, 6.45) is 0.811. The summed E-state index contributed by atoms with van der Waals surface area (Å²) in [4.78, 5) is 16.5. The molecule has 0 fully saturated rings. The Hall–Kier alpha value is -1.90. The molecule has 1 unspecified atom stereocenters. The van der Waals surface area contributed by atoms with Gasteiger partial charge in [-0.05, 0) is 25.8 Å². The second-order valence-corrected chi connectivity index (χ2v) is 4.45. The van der Waals surface area contributed by atoms with Gasteiger partial charge in [0, 0.05) is 11.3 Å². The quantitative estimate of drug-likeness (QED) is 0.885. The van der Waals surface area contributed by atoms with Crippen LogP contribution in [0.3, 0.4) is 0 Å². The Balaban J connectivity index is 2.51. The lowest BCUT2D eigenvalue weighted by molar-refractivity contribution is -0.114. The van der Waals surface area contributed by atoms with Crippen molar-refractivity contribution in [3.05, 3.63) is 47.2 Å². The van der Waals surface area contributed by atoms with Crippen molar-refractivity contribution in [1.82, 2.24) is 5.32 Å². The summed E-state index contributed by atoms with van der Waals surface area (Å²) in [7, 11) is 0. The summed E-state index contributed by atoms with van der Waals surface area (Å²) >= 11 is 0. The zero-order chi connectivity index (χ0) is 13.1. The maximum Gasteiger partial charge on any atom is 0.160 e. The van der Waals surface area contributed by atoms with E-state index >= 15 is 0 Å². The zero-order valence-corrected chi connectivity index (χ0v) is 11.0. The Kier molecular flexibility index (Phi) is 3.60. The van der Waals surface area contributed by atoms with Gasteiger partial charge in [0.2, 0.25) is 0 Å². The normalized spacial score (nSPS) is 19.3. The van der Waals surface area contributed by atoms with Gasteiger partial charge in [-0.25, -0.2) is 0 Å². The van der Waals surface area contributed by atoms with Crippen molar-refractivity contribution in [2.24, 2.45) is 4.99 Å². The Morgan fingerprint density at radius 3 is 2.56 bits per heavy atom. The van der Waals surface area contributed by atoms with E-state index in [-0.39, 0.29) is 11.8 Å². The average molecular weight is 242 g/mol. The first-order valence-electron chi connectivity index (χ1n) is 6.23. The van der Waals surface area contributed by atoms with Gasteiger partial charge in [0.25, 0.3) is 0 Å². The number of nitrogens with one attached hydrogen (secondary N) is 1. The molecule has 0 bridgehead atoms. The lowest BCUT2D eigenvalue weighted by Crippen LogP contribution is -2.30. The number of carbonyl (C=O) groups excluding carboxylic acids is 1. The summed E-state index contributed by atoms with van der Waals surface area (Å²) in [5, 5.41) is 3.21. The van der Waals surface area contributed by atoms with Crippen molar-refractivity contribution >= 4 is 11.6 Å². The number of nitrogens with zero attached hydrogens (tertiary/aromatic N) is 1. The highest BCUT2D eigenvalue weighted by atomic mass is 16.1. The molecule has 0 aliphatic carbocycles. The fourth-order valence-corrected chi connectivity index (χ4v) is 2.30. The van der Waals surface area contributed by atoms with E-state index in [2.05, 4.69) is 10.3 Å². The highest BCUT2D eigenvalue weighted by Crippen LogP contribution is 2.31. The molecule has 1 aliphatic heterocycles. The number of benzene rings is 1. The van der Waals surface area contributed by atoms with Gasteiger partial charge in [-0.3, -0.25) is 9.79 Å². The molecule has 1 N–H and O–H groups in total. The van der Waals surface area contributed by atoms with Crippen LogP contribution in [0.1, 0.15) is 38.8 Å². The Morgan fingerprint density at radius 2 is 2.00 bits per heavy atom. The van der Waals surface area contributed by atoms with Gasteiger partial charge in [-0.2, -0.15) is 0 Å². The number of allylic oxidation sites excluding steroid dienone is 1. The molecule has 2 rings (SSSR count). The first-order valence-corrected chi connectivity index (χ1v) is 6.23. The average Bonchev–Trinajstić information content (AvgIpc) is 2.38. The number of amidine groups is 1. The second kappa shape index (κ2) is 5.17. The van der Waals surface area contributed by atoms with Crippen LogP contribution in [0.4, 0.5) is 0 Å². The molecular formula is C15H18N2O. The summed E-state index contributed by atoms with van der Waals surface area (Å²) in [6, 6.07) is 9.79. The second-order valence-electron chi connectivity index (χ2n) is 4.45. The minimum atomic E-state index is -0.167. The molecule has 0 amide bonds. The van der Waals surface area contributed by atoms with Gasteiger partial charge in [-0.1, -0.05) is 37.3 Å². The number of carbonyl (C=O) groups is 1. The van der Waals surface area contributed by atoms with Crippen LogP contribution >= 0.6 is 0 Å². The lowest BCUT2D eigenvalue weighted by Gasteiger charge is -2.25. The summed E-state index contributed by atoms with van der Waals surface area (Å²) < 4.78 is 0. The van der Waals surface area contributed by atoms with Gasteiger partial charge >= 0.3 is 0 Å². The van der Waals surface area contributed by atoms with Crippen molar-refractivity contribution in [1.29, 1.82) is 0 Å². The largest absolute Gasteiger partial charge is 0.347 e. The van der Waals surface area contributed by atoms with Crippen LogP contribution < -0.4 is 5.32 Å². The maximum absolute atomic E-state index is 11.9. The number of rotatable bonds is 3. The van der Waals surface area contributed by atoms with E-state index in [0.717, 1.165) is 29.1 Å². The van der Waals surface area contributed by atoms with Crippen molar-refractivity contribution < 1.29 is 4.79 Å². The predicted molar refractivity (Wildman–Crippen MR) is 73.4 cm³/mol. The lowest BCUT2D eigenvalue weighted by atomic mass is 9.92. The van der Waals surface area contributed by atoms with E-state index in [1.165, 1.54) is 0 Å². The summed E-state index contributed by atoms with van der Waals surface area (Å²) in [6.45, 7) is 5.59. The Morgan fingerprint density at radius 1 is 1.33 bits per heavy atom. The SMILES string of the molecule is CCC1=C(C(C)=O)C(c2ccccc2)N=C(C)N1. The van der Waals surface area contributed by atoms with Gasteiger partial charge < -0.3 is 5.32 Å². The summed E-state index contributed by atoms with van der Waals surface area (Å²) in [5.41, 5.74) is 2.84. The van der Waals surface area contributed by atoms with E-state index in [1.807, 2.05) is 44.2 Å². The van der Waals surface area contributed by atoms with E-state index in [9.17, 15) is 4.79 Å². The van der Waals surface area contributed by atoms with Gasteiger partial charge in [0.1, 0.15) is 6.04 Å². The first kappa shape index (κ1) is 12.6. The number of hydrogen-bond donors (Lipinski definition) is 1. The smallest absolute Gasteiger partial charge is 0.160 e. The number of ketones is 1. The molecule has 0 saturated carbocycles. The molecule has 0 saturated heterocycles. The number of Topliss-reactive ketones (excluding diaryl/α,β-unsaturated/α-hetero) is 1. The standard InChI is InChI=1S/C15H18N2O/c1-4-13-14(10(2)18)15(17-11(3)16-13)12-8-6-5-7-9-12/h5-9,15H,4H2,1-3H3,(H,16,17). The van der Waals surface area contributed by atoms with E-state index in [1.54, 1.807) is 6.92 Å². The molecule has 0 aromatic heterocycles. The highest BCUT2D eigenvalue weighted by Gasteiger charge is 2.26. The number of hydrogen-bond acceptors (Lipinski definition) is 3. The van der Waals surface area contributed by atoms with Crippen LogP contribution in [0, 0.1) is 0 Å². The van der Waals surface area contributed by atoms with Crippen molar-refractivity contribution in [3.63, 3.8) is 0 Å². The van der Waals surface area contributed by atoms with Crippen LogP contribution in [0.15, 0.2) is 46.6 Å². The fourth-order valence-electron chi connectivity index (χ4n) is 2.30. The van der Waals surface area contributed by atoms with Crippen LogP contribution in [0.2, 0.25) is 0 Å². The van der Waals surface area contributed by atoms with Crippen LogP contribution in [-0.4, -0.2) is 11.6 Å². The van der Waals surface area contributed by atoms with Crippen LogP contribution in [0.25, 0.3) is 0 Å². The molecule has 1 atom stereocenters. The van der Waals surface area contributed by atoms with Crippen molar-refractivity contribution in [2.75, 3.05) is 0 Å². The molecule has 1 aromatic rings. The summed E-state index contributed by atoms with van der Waals surface area (Å²) in [5.74, 6) is 0.954. The molecule has 94 valence electrons. The molecule has 18 heavy (non-hydrogen) atoms. The van der Waals surface area contributed by atoms with Crippen molar-refractivity contribution in [2.45, 2.75) is 33.2 Å². The monoisotopic (exact) mass is 242 g/mol. The minimum Gasteiger partial charge on any atom is -0.347 e. The Bertz CT molecular complexity index is 515. The topological polar surface area (TPSA) is 41.5 Å². The maximum atomic E-state index is 11.9. The Labute approximate surface area is 108 Å². The van der Waals surface area contributed by atoms with Gasteiger partial charge in [-0.15, -0.1) is 0 Å². The number of aliphatic imine (C=N–C) groups is 1. The van der Waals surface area contributed by atoms with E-state index < -0.39 is 0 Å². The molecule has 0 spiro atoms. The van der Waals surface area contributed by atoms with Gasteiger partial charge in [0.05, 0.1) is 5.84 Å². The molecule has 1 aliphatic rings. The van der Waals surface area contributed by atoms with Crippen molar-refractivity contribution in [3.8, 4) is 0 Å². The molecular weight excluding hydrogens is 224 g/mol. The van der Waals surface area contributed by atoms with Gasteiger partial charge in [0.15, 0.2) is 5.78 Å². The predicted octanol–water partition coefficient (Wildman–Crippen LogP) is 3.00. The molecule has 3 nitrogen and oxygen atoms in total. The molecule has 1 aromatic carbocycles. The first-order chi connectivity index (χ1) is 8.63. The van der Waals surface area contributed by atoms with Crippen LogP contribution in [0.5, 0.6) is 0 Å². The zero-order valence-electron chi connectivity index (χ0n) is 11.0. The third-order valence-corrected chi connectivity index (χ3v) is 3.10. The fraction of sp³-hybridized carbons (Fsp3) is 0.333. The molecule has 3 heteroatoms. The highest BCUT2D eigenvalue weighted by molar-refractivity contribution is 5.98. The third-order valence-electron chi connectivity index (χ3n) is 3.10. The minimum absolute atomic E-state index is 0.0875. The van der Waals surface area contributed by atoms with E-state index in [0.29, 0.717) is 0 Å². The third kappa shape index (κ3) is 2.35.